The Kier molecular flexibility index (Phi) is 6.94. The third-order valence-corrected chi connectivity index (χ3v) is 4.25. The van der Waals surface area contributed by atoms with Crippen molar-refractivity contribution in [1.29, 1.82) is 0 Å². The molecule has 25 heavy (non-hydrogen) atoms. The van der Waals surface area contributed by atoms with Crippen LogP contribution in [-0.2, 0) is 20.9 Å². The van der Waals surface area contributed by atoms with E-state index in [1.54, 1.807) is 19.1 Å². The number of hydrogen-bond acceptors (Lipinski definition) is 5. The van der Waals surface area contributed by atoms with Gasteiger partial charge in [0.1, 0.15) is 0 Å². The van der Waals surface area contributed by atoms with E-state index in [4.69, 9.17) is 9.84 Å². The second kappa shape index (κ2) is 9.17. The highest BCUT2D eigenvalue weighted by Crippen LogP contribution is 2.16. The van der Waals surface area contributed by atoms with Gasteiger partial charge < -0.3 is 20.1 Å². The molecule has 0 bridgehead atoms. The molecule has 0 atom stereocenters. The minimum Gasteiger partial charge on any atom is -0.478 e. The van der Waals surface area contributed by atoms with Gasteiger partial charge in [0.2, 0.25) is 0 Å². The van der Waals surface area contributed by atoms with Gasteiger partial charge >= 0.3 is 17.8 Å². The fourth-order valence-electron chi connectivity index (χ4n) is 2.89. The highest BCUT2D eigenvalue weighted by Gasteiger charge is 2.26. The number of carboxylic acids is 1. The minimum absolute atomic E-state index is 0.152. The molecule has 1 saturated heterocycles. The summed E-state index contributed by atoms with van der Waals surface area (Å²) < 4.78 is 4.84. The van der Waals surface area contributed by atoms with E-state index < -0.39 is 17.8 Å². The van der Waals surface area contributed by atoms with Crippen LogP contribution in [0.2, 0.25) is 0 Å². The third-order valence-electron chi connectivity index (χ3n) is 4.25. The van der Waals surface area contributed by atoms with Gasteiger partial charge in [0, 0.05) is 13.1 Å². The lowest BCUT2D eigenvalue weighted by molar-refractivity contribution is -0.160. The molecule has 0 saturated carbocycles. The number of carbonyl (C=O) groups excluding carboxylic acids is 2. The molecule has 1 fully saturated rings. The predicted octanol–water partition coefficient (Wildman–Crippen LogP) is 1.28. The molecule has 0 aliphatic carbocycles. The summed E-state index contributed by atoms with van der Waals surface area (Å²) in [6.07, 6.45) is 1.90. The lowest BCUT2D eigenvalue weighted by Gasteiger charge is -2.29. The van der Waals surface area contributed by atoms with E-state index in [1.807, 2.05) is 0 Å². The van der Waals surface area contributed by atoms with E-state index >= 15 is 0 Å². The topological polar surface area (TPSA) is 95.9 Å². The molecule has 7 heteroatoms. The van der Waals surface area contributed by atoms with Crippen LogP contribution < -0.4 is 5.32 Å². The molecule has 1 aromatic rings. The highest BCUT2D eigenvalue weighted by molar-refractivity contribution is 6.32. The zero-order valence-corrected chi connectivity index (χ0v) is 14.4. The largest absolute Gasteiger partial charge is 0.478 e. The van der Waals surface area contributed by atoms with Crippen molar-refractivity contribution in [2.24, 2.45) is 5.92 Å². The first-order valence-corrected chi connectivity index (χ1v) is 8.50. The summed E-state index contributed by atoms with van der Waals surface area (Å²) in [5.74, 6) is -2.17. The van der Waals surface area contributed by atoms with E-state index in [2.05, 4.69) is 5.32 Å². The van der Waals surface area contributed by atoms with E-state index in [0.717, 1.165) is 31.5 Å². The van der Waals surface area contributed by atoms with Gasteiger partial charge in [0.15, 0.2) is 0 Å². The average Bonchev–Trinajstić information content (AvgIpc) is 2.62. The molecule has 0 spiro atoms. The van der Waals surface area contributed by atoms with Crippen LogP contribution in [0.25, 0.3) is 0 Å². The smallest absolute Gasteiger partial charge is 0.397 e. The van der Waals surface area contributed by atoms with Crippen LogP contribution in [0.5, 0.6) is 0 Å². The number of nitrogens with zero attached hydrogens (tertiary/aromatic N) is 1. The van der Waals surface area contributed by atoms with E-state index in [9.17, 15) is 14.4 Å². The molecule has 7 nitrogen and oxygen atoms in total. The molecule has 2 rings (SSSR count). The van der Waals surface area contributed by atoms with Crippen molar-refractivity contribution in [3.63, 3.8) is 0 Å². The van der Waals surface area contributed by atoms with Crippen molar-refractivity contribution in [2.75, 3.05) is 26.2 Å². The van der Waals surface area contributed by atoms with Gasteiger partial charge in [-0.3, -0.25) is 4.79 Å². The Balaban J connectivity index is 2.10. The van der Waals surface area contributed by atoms with Crippen LogP contribution in [0, 0.1) is 5.92 Å². The minimum atomic E-state index is -0.999. The van der Waals surface area contributed by atoms with Crippen LogP contribution in [-0.4, -0.2) is 54.1 Å². The number of carboxylic acid groups (broad SMARTS) is 1. The van der Waals surface area contributed by atoms with Crippen LogP contribution in [0.4, 0.5) is 0 Å². The maximum Gasteiger partial charge on any atom is 0.397 e. The molecule has 1 amide bonds. The molecule has 1 heterocycles. The summed E-state index contributed by atoms with van der Waals surface area (Å²) in [7, 11) is 0. The molecule has 1 aliphatic rings. The van der Waals surface area contributed by atoms with Gasteiger partial charge in [0.25, 0.3) is 0 Å². The first kappa shape index (κ1) is 18.9. The number of hydrogen-bond donors (Lipinski definition) is 2. The summed E-state index contributed by atoms with van der Waals surface area (Å²) in [6.45, 7) is 4.35. The van der Waals surface area contributed by atoms with Crippen LogP contribution in [0.15, 0.2) is 24.3 Å². The van der Waals surface area contributed by atoms with Crippen molar-refractivity contribution >= 4 is 17.8 Å². The summed E-state index contributed by atoms with van der Waals surface area (Å²) >= 11 is 0. The molecule has 2 N–H and O–H groups in total. The lowest BCUT2D eigenvalue weighted by atomic mass is 9.97. The Morgan fingerprint density at radius 3 is 2.40 bits per heavy atom. The monoisotopic (exact) mass is 348 g/mol. The molecule has 1 aliphatic heterocycles. The average molecular weight is 348 g/mol. The lowest BCUT2D eigenvalue weighted by Crippen LogP contribution is -2.42. The Morgan fingerprint density at radius 1 is 1.20 bits per heavy atom. The fourth-order valence-corrected chi connectivity index (χ4v) is 2.89. The van der Waals surface area contributed by atoms with Gasteiger partial charge in [-0.25, -0.2) is 9.59 Å². The van der Waals surface area contributed by atoms with E-state index in [0.29, 0.717) is 12.5 Å². The first-order valence-electron chi connectivity index (χ1n) is 8.50. The van der Waals surface area contributed by atoms with Crippen molar-refractivity contribution in [2.45, 2.75) is 26.3 Å². The third kappa shape index (κ3) is 5.56. The Hall–Kier alpha value is -2.41. The molecule has 0 unspecified atom stereocenters. The number of aromatic carboxylic acids is 1. The van der Waals surface area contributed by atoms with Crippen molar-refractivity contribution in [3.8, 4) is 0 Å². The number of amides is 1. The van der Waals surface area contributed by atoms with Gasteiger partial charge in [-0.2, -0.15) is 0 Å². The van der Waals surface area contributed by atoms with Gasteiger partial charge in [-0.15, -0.1) is 0 Å². The normalized spacial score (nSPS) is 14.8. The van der Waals surface area contributed by atoms with Crippen LogP contribution in [0.1, 0.15) is 35.7 Å². The van der Waals surface area contributed by atoms with Crippen molar-refractivity contribution in [3.05, 3.63) is 35.4 Å². The van der Waals surface area contributed by atoms with Crippen molar-refractivity contribution < 1.29 is 24.2 Å². The second-order valence-corrected chi connectivity index (χ2v) is 6.10. The molecule has 1 aromatic carbocycles. The Labute approximate surface area is 147 Å². The molecule has 0 radical (unpaired) electrons. The fraction of sp³-hybridized carbons (Fsp3) is 0.500. The SMILES string of the molecule is CCOC(=O)C(=O)N(Cc1ccc(C(=O)O)cc1)CC1CCNCC1. The zero-order valence-electron chi connectivity index (χ0n) is 14.4. The Morgan fingerprint density at radius 2 is 1.84 bits per heavy atom. The van der Waals surface area contributed by atoms with Crippen LogP contribution >= 0.6 is 0 Å². The number of piperidine rings is 1. The van der Waals surface area contributed by atoms with E-state index in [-0.39, 0.29) is 18.7 Å². The number of benzene rings is 1. The number of rotatable bonds is 6. The second-order valence-electron chi connectivity index (χ2n) is 6.10. The summed E-state index contributed by atoms with van der Waals surface area (Å²) in [6, 6.07) is 6.32. The standard InChI is InChI=1S/C18H24N2O5/c1-2-25-18(24)16(21)20(12-14-7-9-19-10-8-14)11-13-3-5-15(6-4-13)17(22)23/h3-6,14,19H,2,7-12H2,1H3,(H,22,23). The number of nitrogens with one attached hydrogen (secondary N) is 1. The number of carbonyl (C=O) groups is 3. The number of esters is 1. The molecular weight excluding hydrogens is 324 g/mol. The van der Waals surface area contributed by atoms with E-state index in [1.165, 1.54) is 17.0 Å². The summed E-state index contributed by atoms with van der Waals surface area (Å²) in [4.78, 5) is 36.7. The number of ether oxygens (including phenoxy) is 1. The maximum absolute atomic E-state index is 12.4. The summed E-state index contributed by atoms with van der Waals surface area (Å²) in [5.41, 5.74) is 0.960. The molecule has 136 valence electrons. The first-order chi connectivity index (χ1) is 12.0. The highest BCUT2D eigenvalue weighted by atomic mass is 16.5. The van der Waals surface area contributed by atoms with Gasteiger partial charge in [0.05, 0.1) is 12.2 Å². The molecular formula is C18H24N2O5. The zero-order chi connectivity index (χ0) is 18.2. The quantitative estimate of drug-likeness (QED) is 0.594. The Bertz CT molecular complexity index is 608. The van der Waals surface area contributed by atoms with Gasteiger partial charge in [-0.05, 0) is 56.5 Å². The maximum atomic E-state index is 12.4. The predicted molar refractivity (Wildman–Crippen MR) is 91.0 cm³/mol. The van der Waals surface area contributed by atoms with Gasteiger partial charge in [-0.1, -0.05) is 12.1 Å². The van der Waals surface area contributed by atoms with Crippen molar-refractivity contribution in [1.82, 2.24) is 10.2 Å². The molecule has 0 aromatic heterocycles. The summed E-state index contributed by atoms with van der Waals surface area (Å²) in [5, 5.41) is 12.2. The van der Waals surface area contributed by atoms with Crippen LogP contribution in [0.3, 0.4) is 0 Å².